The predicted molar refractivity (Wildman–Crippen MR) is 56.5 cm³/mol. The van der Waals surface area contributed by atoms with Gasteiger partial charge in [-0.05, 0) is 26.8 Å². The number of aromatic nitrogens is 1. The third kappa shape index (κ3) is 2.92. The highest BCUT2D eigenvalue weighted by atomic mass is 16.5. The third-order valence-corrected chi connectivity index (χ3v) is 1.78. The molecule has 0 aromatic carbocycles. The van der Waals surface area contributed by atoms with E-state index < -0.39 is 0 Å². The number of hydroxylamine groups is 1. The lowest BCUT2D eigenvalue weighted by Gasteiger charge is -2.11. The van der Waals surface area contributed by atoms with Gasteiger partial charge >= 0.3 is 0 Å². The van der Waals surface area contributed by atoms with Crippen LogP contribution in [-0.4, -0.2) is 22.1 Å². The highest BCUT2D eigenvalue weighted by Crippen LogP contribution is 2.16. The van der Waals surface area contributed by atoms with E-state index in [-0.39, 0.29) is 11.9 Å². The summed E-state index contributed by atoms with van der Waals surface area (Å²) in [5.41, 5.74) is 3.13. The molecule has 5 nitrogen and oxygen atoms in total. The maximum absolute atomic E-state index is 8.56. The van der Waals surface area contributed by atoms with Crippen LogP contribution in [0.3, 0.4) is 0 Å². The van der Waals surface area contributed by atoms with E-state index in [9.17, 15) is 0 Å². The molecule has 0 atom stereocenters. The minimum Gasteiger partial charge on any atom is -0.475 e. The standard InChI is InChI=1S/C10H15N3O2/c1-6(2)15-10-7(3)4-8(5-12-10)9(11)13-14/h4-6,14H,1-3H3,(H2,11,13). The first-order valence-corrected chi connectivity index (χ1v) is 4.67. The second-order valence-corrected chi connectivity index (χ2v) is 3.50. The zero-order valence-corrected chi connectivity index (χ0v) is 9.03. The van der Waals surface area contributed by atoms with Crippen LogP contribution in [0.15, 0.2) is 12.3 Å². The number of hydrogen-bond donors (Lipinski definition) is 3. The molecule has 1 aromatic heterocycles. The Morgan fingerprint density at radius 1 is 1.60 bits per heavy atom. The highest BCUT2D eigenvalue weighted by molar-refractivity contribution is 5.95. The molecule has 82 valence electrons. The normalized spacial score (nSPS) is 10.2. The van der Waals surface area contributed by atoms with Crippen molar-refractivity contribution < 1.29 is 9.94 Å². The van der Waals surface area contributed by atoms with Gasteiger partial charge in [0.2, 0.25) is 5.88 Å². The van der Waals surface area contributed by atoms with Gasteiger partial charge in [0, 0.05) is 17.3 Å². The van der Waals surface area contributed by atoms with Crippen LogP contribution in [0.4, 0.5) is 0 Å². The van der Waals surface area contributed by atoms with Crippen molar-refractivity contribution in [2.24, 2.45) is 0 Å². The number of hydrogen-bond acceptors (Lipinski definition) is 4. The summed E-state index contributed by atoms with van der Waals surface area (Å²) in [5, 5.41) is 15.9. The van der Waals surface area contributed by atoms with E-state index in [2.05, 4.69) is 4.98 Å². The number of pyridine rings is 1. The van der Waals surface area contributed by atoms with Crippen molar-refractivity contribution in [3.63, 3.8) is 0 Å². The van der Waals surface area contributed by atoms with E-state index in [0.29, 0.717) is 11.4 Å². The summed E-state index contributed by atoms with van der Waals surface area (Å²) in [7, 11) is 0. The number of nitrogens with zero attached hydrogens (tertiary/aromatic N) is 1. The average molecular weight is 209 g/mol. The molecule has 0 saturated heterocycles. The molecule has 1 rings (SSSR count). The molecular formula is C10H15N3O2. The van der Waals surface area contributed by atoms with Crippen molar-refractivity contribution in [3.05, 3.63) is 23.4 Å². The lowest BCUT2D eigenvalue weighted by atomic mass is 10.2. The van der Waals surface area contributed by atoms with Crippen molar-refractivity contribution in [3.8, 4) is 5.88 Å². The molecule has 15 heavy (non-hydrogen) atoms. The summed E-state index contributed by atoms with van der Waals surface area (Å²) in [4.78, 5) is 4.07. The minimum atomic E-state index is -0.0818. The molecule has 0 unspecified atom stereocenters. The Kier molecular flexibility index (Phi) is 3.62. The van der Waals surface area contributed by atoms with E-state index in [4.69, 9.17) is 15.4 Å². The maximum Gasteiger partial charge on any atom is 0.216 e. The quantitative estimate of drug-likeness (QED) is 0.400. The minimum absolute atomic E-state index is 0.0671. The number of ether oxygens (including phenoxy) is 1. The molecule has 0 bridgehead atoms. The van der Waals surface area contributed by atoms with Gasteiger partial charge in [0.25, 0.3) is 0 Å². The molecule has 5 heteroatoms. The van der Waals surface area contributed by atoms with Crippen LogP contribution in [0.1, 0.15) is 25.0 Å². The Morgan fingerprint density at radius 2 is 2.27 bits per heavy atom. The Hall–Kier alpha value is -1.62. The summed E-state index contributed by atoms with van der Waals surface area (Å²) in [6.45, 7) is 5.69. The van der Waals surface area contributed by atoms with E-state index in [1.807, 2.05) is 20.8 Å². The van der Waals surface area contributed by atoms with Gasteiger partial charge in [-0.2, -0.15) is 0 Å². The largest absolute Gasteiger partial charge is 0.475 e. The van der Waals surface area contributed by atoms with Gasteiger partial charge in [0.05, 0.1) is 6.10 Å². The van der Waals surface area contributed by atoms with Crippen molar-refractivity contribution in [1.29, 1.82) is 5.41 Å². The monoisotopic (exact) mass is 209 g/mol. The summed E-state index contributed by atoms with van der Waals surface area (Å²) < 4.78 is 5.45. The van der Waals surface area contributed by atoms with E-state index >= 15 is 0 Å². The zero-order chi connectivity index (χ0) is 11.4. The van der Waals surface area contributed by atoms with E-state index in [1.165, 1.54) is 6.20 Å². The Morgan fingerprint density at radius 3 is 2.73 bits per heavy atom. The predicted octanol–water partition coefficient (Wildman–Crippen LogP) is 1.48. The first kappa shape index (κ1) is 11.5. The average Bonchev–Trinajstić information content (AvgIpc) is 2.19. The van der Waals surface area contributed by atoms with Gasteiger partial charge in [0.1, 0.15) is 0 Å². The molecule has 0 aliphatic carbocycles. The number of nitrogens with one attached hydrogen (secondary N) is 2. The van der Waals surface area contributed by atoms with Gasteiger partial charge in [-0.3, -0.25) is 16.1 Å². The molecule has 1 aromatic rings. The number of aryl methyl sites for hydroxylation is 1. The van der Waals surface area contributed by atoms with Crippen LogP contribution >= 0.6 is 0 Å². The summed E-state index contributed by atoms with van der Waals surface area (Å²) in [5.74, 6) is 0.473. The molecule has 0 radical (unpaired) electrons. The molecule has 3 N–H and O–H groups in total. The molecular weight excluding hydrogens is 194 g/mol. The van der Waals surface area contributed by atoms with Crippen molar-refractivity contribution in [2.45, 2.75) is 26.9 Å². The summed E-state index contributed by atoms with van der Waals surface area (Å²) >= 11 is 0. The second-order valence-electron chi connectivity index (χ2n) is 3.50. The van der Waals surface area contributed by atoms with Gasteiger partial charge < -0.3 is 4.74 Å². The Labute approximate surface area is 88.6 Å². The first-order chi connectivity index (χ1) is 7.04. The fraction of sp³-hybridized carbons (Fsp3) is 0.400. The fourth-order valence-electron chi connectivity index (χ4n) is 1.11. The number of amidine groups is 1. The summed E-state index contributed by atoms with van der Waals surface area (Å²) in [6, 6.07) is 1.73. The number of rotatable bonds is 3. The molecule has 1 heterocycles. The van der Waals surface area contributed by atoms with Crippen molar-refractivity contribution in [1.82, 2.24) is 10.5 Å². The zero-order valence-electron chi connectivity index (χ0n) is 9.03. The lowest BCUT2D eigenvalue weighted by Crippen LogP contribution is -2.19. The van der Waals surface area contributed by atoms with E-state index in [0.717, 1.165) is 5.56 Å². The molecule has 0 fully saturated rings. The highest BCUT2D eigenvalue weighted by Gasteiger charge is 2.07. The topological polar surface area (TPSA) is 78.2 Å². The van der Waals surface area contributed by atoms with Crippen LogP contribution in [0.25, 0.3) is 0 Å². The van der Waals surface area contributed by atoms with Crippen LogP contribution in [-0.2, 0) is 0 Å². The Bertz CT molecular complexity index is 364. The second kappa shape index (κ2) is 4.75. The fourth-order valence-corrected chi connectivity index (χ4v) is 1.11. The molecule has 0 aliphatic rings. The maximum atomic E-state index is 8.56. The van der Waals surface area contributed by atoms with Crippen LogP contribution in [0, 0.1) is 12.3 Å². The first-order valence-electron chi connectivity index (χ1n) is 4.67. The van der Waals surface area contributed by atoms with Gasteiger partial charge in [0.15, 0.2) is 5.84 Å². The third-order valence-electron chi connectivity index (χ3n) is 1.78. The van der Waals surface area contributed by atoms with Crippen LogP contribution in [0.2, 0.25) is 0 Å². The lowest BCUT2D eigenvalue weighted by molar-refractivity contribution is 0.230. The SMILES string of the molecule is Cc1cc(C(=N)NO)cnc1OC(C)C. The van der Waals surface area contributed by atoms with Crippen LogP contribution in [0.5, 0.6) is 5.88 Å². The molecule has 0 amide bonds. The van der Waals surface area contributed by atoms with Gasteiger partial charge in [-0.1, -0.05) is 0 Å². The summed E-state index contributed by atoms with van der Waals surface area (Å²) in [6.07, 6.45) is 1.55. The van der Waals surface area contributed by atoms with Gasteiger partial charge in [-0.15, -0.1) is 0 Å². The van der Waals surface area contributed by atoms with Gasteiger partial charge in [-0.25, -0.2) is 4.98 Å². The molecule has 0 spiro atoms. The molecule has 0 aliphatic heterocycles. The molecule has 0 saturated carbocycles. The van der Waals surface area contributed by atoms with E-state index in [1.54, 1.807) is 11.5 Å². The van der Waals surface area contributed by atoms with Crippen molar-refractivity contribution in [2.75, 3.05) is 0 Å². The Balaban J connectivity index is 2.93. The van der Waals surface area contributed by atoms with Crippen molar-refractivity contribution >= 4 is 5.84 Å². The smallest absolute Gasteiger partial charge is 0.216 e. The van der Waals surface area contributed by atoms with Crippen LogP contribution < -0.4 is 10.2 Å².